The number of carbonyl (C=O) groups is 1. The number of rotatable bonds is 8. The second-order valence-electron chi connectivity index (χ2n) is 4.78. The lowest BCUT2D eigenvalue weighted by atomic mass is 10.1. The van der Waals surface area contributed by atoms with Gasteiger partial charge in [0.2, 0.25) is 0 Å². The van der Waals surface area contributed by atoms with Gasteiger partial charge in [0.05, 0.1) is 11.0 Å². The summed E-state index contributed by atoms with van der Waals surface area (Å²) in [4.78, 5) is 22.3. The maximum absolute atomic E-state index is 12.0. The van der Waals surface area contributed by atoms with Gasteiger partial charge in [-0.3, -0.25) is 14.9 Å². The fraction of sp³-hybridized carbons (Fsp3) is 0.500. The van der Waals surface area contributed by atoms with Crippen molar-refractivity contribution in [3.63, 3.8) is 0 Å². The summed E-state index contributed by atoms with van der Waals surface area (Å²) in [5, 5.41) is 13.6. The molecule has 0 unspecified atom stereocenters. The average molecular weight is 315 g/mol. The zero-order valence-corrected chi connectivity index (χ0v) is 12.9. The van der Waals surface area contributed by atoms with E-state index < -0.39 is 10.8 Å². The first-order chi connectivity index (χ1) is 9.93. The zero-order valence-electron chi connectivity index (χ0n) is 12.1. The van der Waals surface area contributed by atoms with E-state index >= 15 is 0 Å². The van der Waals surface area contributed by atoms with Crippen LogP contribution in [-0.2, 0) is 4.74 Å². The molecule has 0 saturated heterocycles. The van der Waals surface area contributed by atoms with Crippen LogP contribution in [0.5, 0.6) is 0 Å². The average Bonchev–Trinajstić information content (AvgIpc) is 2.41. The lowest BCUT2D eigenvalue weighted by Gasteiger charge is -2.08. The van der Waals surface area contributed by atoms with E-state index in [1.165, 1.54) is 18.2 Å². The van der Waals surface area contributed by atoms with Crippen molar-refractivity contribution in [3.05, 3.63) is 38.9 Å². The Balaban J connectivity index is 2.50. The van der Waals surface area contributed by atoms with E-state index in [2.05, 4.69) is 5.32 Å². The predicted molar refractivity (Wildman–Crippen MR) is 80.8 cm³/mol. The van der Waals surface area contributed by atoms with Crippen LogP contribution in [0, 0.1) is 10.1 Å². The van der Waals surface area contributed by atoms with E-state index in [0.29, 0.717) is 13.2 Å². The first-order valence-corrected chi connectivity index (χ1v) is 7.14. The molecule has 6 nitrogen and oxygen atoms in total. The van der Waals surface area contributed by atoms with Gasteiger partial charge in [0.1, 0.15) is 10.6 Å². The monoisotopic (exact) mass is 314 g/mol. The topological polar surface area (TPSA) is 81.5 Å². The third kappa shape index (κ3) is 5.69. The van der Waals surface area contributed by atoms with Crippen molar-refractivity contribution in [3.8, 4) is 0 Å². The molecule has 1 rings (SSSR count). The summed E-state index contributed by atoms with van der Waals surface area (Å²) in [6.45, 7) is 4.98. The summed E-state index contributed by atoms with van der Waals surface area (Å²) in [7, 11) is 0. The molecule has 1 amide bonds. The second-order valence-corrected chi connectivity index (χ2v) is 5.18. The largest absolute Gasteiger partial charge is 0.379 e. The van der Waals surface area contributed by atoms with Crippen LogP contribution >= 0.6 is 11.6 Å². The number of benzene rings is 1. The number of ether oxygens (including phenoxy) is 1. The van der Waals surface area contributed by atoms with Gasteiger partial charge in [-0.2, -0.15) is 0 Å². The normalized spacial score (nSPS) is 10.7. The van der Waals surface area contributed by atoms with Gasteiger partial charge < -0.3 is 10.1 Å². The molecule has 0 bridgehead atoms. The molecule has 1 aromatic carbocycles. The minimum Gasteiger partial charge on any atom is -0.379 e. The lowest BCUT2D eigenvalue weighted by molar-refractivity contribution is -0.385. The highest BCUT2D eigenvalue weighted by Crippen LogP contribution is 2.27. The predicted octanol–water partition coefficient (Wildman–Crippen LogP) is 3.18. The number of nitrogens with one attached hydrogen (secondary N) is 1. The van der Waals surface area contributed by atoms with Crippen LogP contribution in [0.4, 0.5) is 5.69 Å². The number of hydrogen-bond acceptors (Lipinski definition) is 4. The maximum Gasteiger partial charge on any atom is 0.300 e. The number of unbranched alkanes of at least 4 members (excludes halogenated alkanes) is 1. The quantitative estimate of drug-likeness (QED) is 0.454. The van der Waals surface area contributed by atoms with Crippen LogP contribution in [0.1, 0.15) is 37.0 Å². The fourth-order valence-corrected chi connectivity index (χ4v) is 1.97. The minimum absolute atomic E-state index is 0.0223. The Morgan fingerprint density at radius 2 is 2.14 bits per heavy atom. The Kier molecular flexibility index (Phi) is 7.11. The molecule has 7 heteroatoms. The lowest BCUT2D eigenvalue weighted by Crippen LogP contribution is -2.25. The van der Waals surface area contributed by atoms with Crippen molar-refractivity contribution in [2.24, 2.45) is 0 Å². The number of para-hydroxylation sites is 1. The number of nitrogens with zero attached hydrogens (tertiary/aromatic N) is 1. The smallest absolute Gasteiger partial charge is 0.300 e. The second kappa shape index (κ2) is 8.59. The number of nitro benzene ring substituents is 1. The standard InChI is InChI=1S/C14H19ClN2O4/c1-10(2)21-9-4-3-8-16-14(18)11-6-5-7-12(15)13(11)17(19)20/h5-7,10H,3-4,8-9H2,1-2H3,(H,16,18). The number of hydrogen-bond donors (Lipinski definition) is 1. The third-order valence-electron chi connectivity index (χ3n) is 2.72. The number of halogens is 1. The summed E-state index contributed by atoms with van der Waals surface area (Å²) in [5.74, 6) is -0.492. The van der Waals surface area contributed by atoms with Crippen LogP contribution in [0.25, 0.3) is 0 Å². The molecular weight excluding hydrogens is 296 g/mol. The van der Waals surface area contributed by atoms with Gasteiger partial charge in [-0.25, -0.2) is 0 Å². The van der Waals surface area contributed by atoms with Crippen molar-refractivity contribution >= 4 is 23.2 Å². The maximum atomic E-state index is 12.0. The number of carbonyl (C=O) groups excluding carboxylic acids is 1. The minimum atomic E-state index is -0.645. The summed E-state index contributed by atoms with van der Waals surface area (Å²) in [6, 6.07) is 4.29. The van der Waals surface area contributed by atoms with E-state index in [0.717, 1.165) is 12.8 Å². The summed E-state index contributed by atoms with van der Waals surface area (Å²) in [6.07, 6.45) is 1.75. The third-order valence-corrected chi connectivity index (χ3v) is 3.03. The van der Waals surface area contributed by atoms with Gasteiger partial charge in [-0.15, -0.1) is 0 Å². The molecular formula is C14H19ClN2O4. The van der Waals surface area contributed by atoms with Gasteiger partial charge in [0.25, 0.3) is 5.91 Å². The Hall–Kier alpha value is -1.66. The van der Waals surface area contributed by atoms with Crippen molar-refractivity contribution < 1.29 is 14.5 Å². The van der Waals surface area contributed by atoms with E-state index in [9.17, 15) is 14.9 Å². The molecule has 0 aromatic heterocycles. The molecule has 0 aliphatic heterocycles. The molecule has 0 spiro atoms. The van der Waals surface area contributed by atoms with E-state index in [4.69, 9.17) is 16.3 Å². The molecule has 21 heavy (non-hydrogen) atoms. The van der Waals surface area contributed by atoms with Gasteiger partial charge in [-0.05, 0) is 38.8 Å². The van der Waals surface area contributed by atoms with Crippen LogP contribution in [0.3, 0.4) is 0 Å². The van der Waals surface area contributed by atoms with E-state index in [1.54, 1.807) is 0 Å². The summed E-state index contributed by atoms with van der Waals surface area (Å²) >= 11 is 5.76. The Morgan fingerprint density at radius 3 is 2.76 bits per heavy atom. The molecule has 0 aliphatic carbocycles. The highest BCUT2D eigenvalue weighted by molar-refractivity contribution is 6.33. The highest BCUT2D eigenvalue weighted by Gasteiger charge is 2.23. The van der Waals surface area contributed by atoms with E-state index in [-0.39, 0.29) is 22.4 Å². The van der Waals surface area contributed by atoms with E-state index in [1.807, 2.05) is 13.8 Å². The molecule has 0 aliphatic rings. The molecule has 0 fully saturated rings. The first kappa shape index (κ1) is 17.4. The van der Waals surface area contributed by atoms with Crippen LogP contribution < -0.4 is 5.32 Å². The van der Waals surface area contributed by atoms with Crippen molar-refractivity contribution in [2.75, 3.05) is 13.2 Å². The molecule has 0 atom stereocenters. The van der Waals surface area contributed by atoms with Crippen LogP contribution in [-0.4, -0.2) is 30.1 Å². The van der Waals surface area contributed by atoms with Crippen LogP contribution in [0.2, 0.25) is 5.02 Å². The fourth-order valence-electron chi connectivity index (χ4n) is 1.73. The van der Waals surface area contributed by atoms with Crippen molar-refractivity contribution in [1.29, 1.82) is 0 Å². The Bertz CT molecular complexity index is 506. The van der Waals surface area contributed by atoms with Gasteiger partial charge in [0, 0.05) is 13.2 Å². The SMILES string of the molecule is CC(C)OCCCCNC(=O)c1cccc(Cl)c1[N+](=O)[O-]. The molecule has 0 radical (unpaired) electrons. The van der Waals surface area contributed by atoms with Crippen LogP contribution in [0.15, 0.2) is 18.2 Å². The Morgan fingerprint density at radius 1 is 1.43 bits per heavy atom. The molecule has 0 saturated carbocycles. The van der Waals surface area contributed by atoms with Crippen molar-refractivity contribution in [2.45, 2.75) is 32.8 Å². The molecule has 1 N–H and O–H groups in total. The molecule has 1 aromatic rings. The van der Waals surface area contributed by atoms with Crippen molar-refractivity contribution in [1.82, 2.24) is 5.32 Å². The number of amides is 1. The summed E-state index contributed by atoms with van der Waals surface area (Å²) < 4.78 is 5.38. The van der Waals surface area contributed by atoms with Gasteiger partial charge in [-0.1, -0.05) is 17.7 Å². The molecule has 116 valence electrons. The zero-order chi connectivity index (χ0) is 15.8. The Labute approximate surface area is 128 Å². The molecule has 0 heterocycles. The van der Waals surface area contributed by atoms with Gasteiger partial charge in [0.15, 0.2) is 0 Å². The van der Waals surface area contributed by atoms with Gasteiger partial charge >= 0.3 is 5.69 Å². The number of nitro groups is 1. The first-order valence-electron chi connectivity index (χ1n) is 6.76. The highest BCUT2D eigenvalue weighted by atomic mass is 35.5. The summed E-state index contributed by atoms with van der Waals surface area (Å²) in [5.41, 5.74) is -0.384.